The van der Waals surface area contributed by atoms with E-state index in [1.807, 2.05) is 39.0 Å². The summed E-state index contributed by atoms with van der Waals surface area (Å²) in [5.74, 6) is 0.487. The Labute approximate surface area is 129 Å². The number of benzene rings is 2. The highest BCUT2D eigenvalue weighted by Crippen LogP contribution is 2.35. The minimum atomic E-state index is -0.120. The van der Waals surface area contributed by atoms with Gasteiger partial charge in [0.15, 0.2) is 5.76 Å². The number of aromatic hydroxyl groups is 1. The predicted molar refractivity (Wildman–Crippen MR) is 86.6 cm³/mol. The van der Waals surface area contributed by atoms with Crippen molar-refractivity contribution >= 4 is 16.8 Å². The Balaban J connectivity index is 2.27. The molecule has 3 heteroatoms. The number of carbonyl (C=O) groups excluding carboxylic acids is 1. The first-order valence-electron chi connectivity index (χ1n) is 7.38. The van der Waals surface area contributed by atoms with Gasteiger partial charge in [-0.1, -0.05) is 37.3 Å². The lowest BCUT2D eigenvalue weighted by Crippen LogP contribution is -2.02. The number of aryl methyl sites for hydroxylation is 2. The standard InChI is InChI=1S/C19H18O3/c1-4-14-15-10-16(20)11(2)12(3)18(15)22-19(14)17(21)13-8-6-5-7-9-13/h5-10,20H,4H2,1-3H3. The number of carbonyl (C=O) groups is 1. The third-order valence-electron chi connectivity index (χ3n) is 4.21. The Kier molecular flexibility index (Phi) is 3.49. The Morgan fingerprint density at radius 1 is 1.14 bits per heavy atom. The van der Waals surface area contributed by atoms with Gasteiger partial charge in [0.2, 0.25) is 5.78 Å². The maximum absolute atomic E-state index is 12.7. The molecule has 0 aliphatic rings. The molecule has 0 aliphatic carbocycles. The van der Waals surface area contributed by atoms with Crippen LogP contribution < -0.4 is 0 Å². The van der Waals surface area contributed by atoms with Crippen molar-refractivity contribution in [3.8, 4) is 5.75 Å². The average Bonchev–Trinajstić information content (AvgIpc) is 2.91. The highest BCUT2D eigenvalue weighted by molar-refractivity contribution is 6.11. The number of hydrogen-bond acceptors (Lipinski definition) is 3. The van der Waals surface area contributed by atoms with Gasteiger partial charge in [-0.3, -0.25) is 4.79 Å². The molecule has 0 fully saturated rings. The van der Waals surface area contributed by atoms with Crippen LogP contribution in [0.4, 0.5) is 0 Å². The molecular formula is C19H18O3. The summed E-state index contributed by atoms with van der Waals surface area (Å²) in [4.78, 5) is 12.7. The molecule has 2 aromatic carbocycles. The molecule has 3 rings (SSSR count). The first-order chi connectivity index (χ1) is 10.5. The highest BCUT2D eigenvalue weighted by Gasteiger charge is 2.23. The van der Waals surface area contributed by atoms with Crippen LogP contribution in [0.1, 0.15) is 39.7 Å². The number of phenolic OH excluding ortho intramolecular Hbond substituents is 1. The third-order valence-corrected chi connectivity index (χ3v) is 4.21. The lowest BCUT2D eigenvalue weighted by Gasteiger charge is -2.03. The van der Waals surface area contributed by atoms with E-state index in [9.17, 15) is 9.90 Å². The zero-order valence-electron chi connectivity index (χ0n) is 12.9. The first kappa shape index (κ1) is 14.4. The van der Waals surface area contributed by atoms with Crippen LogP contribution in [0.2, 0.25) is 0 Å². The van der Waals surface area contributed by atoms with Crippen molar-refractivity contribution < 1.29 is 14.3 Å². The number of phenols is 1. The normalized spacial score (nSPS) is 11.0. The van der Waals surface area contributed by atoms with Gasteiger partial charge in [-0.25, -0.2) is 0 Å². The van der Waals surface area contributed by atoms with E-state index in [0.29, 0.717) is 23.3 Å². The second-order valence-corrected chi connectivity index (χ2v) is 5.48. The smallest absolute Gasteiger partial charge is 0.228 e. The van der Waals surface area contributed by atoms with E-state index in [1.165, 1.54) is 0 Å². The summed E-state index contributed by atoms with van der Waals surface area (Å²) in [6.07, 6.45) is 0.669. The maximum atomic E-state index is 12.7. The van der Waals surface area contributed by atoms with Crippen LogP contribution >= 0.6 is 0 Å². The quantitative estimate of drug-likeness (QED) is 0.721. The Morgan fingerprint density at radius 3 is 2.45 bits per heavy atom. The molecule has 0 bridgehead atoms. The summed E-state index contributed by atoms with van der Waals surface area (Å²) < 4.78 is 5.91. The van der Waals surface area contributed by atoms with E-state index in [4.69, 9.17) is 4.42 Å². The van der Waals surface area contributed by atoms with Crippen LogP contribution in [-0.4, -0.2) is 10.9 Å². The lowest BCUT2D eigenvalue weighted by molar-refractivity contribution is 0.101. The van der Waals surface area contributed by atoms with E-state index in [-0.39, 0.29) is 11.5 Å². The molecule has 0 aliphatic heterocycles. The molecule has 0 amide bonds. The van der Waals surface area contributed by atoms with Crippen molar-refractivity contribution in [2.24, 2.45) is 0 Å². The van der Waals surface area contributed by atoms with Gasteiger partial charge in [0, 0.05) is 16.5 Å². The van der Waals surface area contributed by atoms with Gasteiger partial charge in [-0.2, -0.15) is 0 Å². The minimum Gasteiger partial charge on any atom is -0.508 e. The number of fused-ring (bicyclic) bond motifs is 1. The minimum absolute atomic E-state index is 0.120. The molecule has 3 nitrogen and oxygen atoms in total. The van der Waals surface area contributed by atoms with Crippen molar-refractivity contribution in [3.05, 3.63) is 64.4 Å². The van der Waals surface area contributed by atoms with Crippen LogP contribution in [0.15, 0.2) is 40.8 Å². The Hall–Kier alpha value is -2.55. The molecule has 1 N–H and O–H groups in total. The van der Waals surface area contributed by atoms with Crippen LogP contribution in [0.3, 0.4) is 0 Å². The molecule has 112 valence electrons. The molecule has 0 atom stereocenters. The van der Waals surface area contributed by atoms with Gasteiger partial charge in [0.1, 0.15) is 11.3 Å². The zero-order chi connectivity index (χ0) is 15.9. The van der Waals surface area contributed by atoms with Crippen molar-refractivity contribution in [2.75, 3.05) is 0 Å². The molecule has 0 radical (unpaired) electrons. The van der Waals surface area contributed by atoms with Gasteiger partial charge < -0.3 is 9.52 Å². The van der Waals surface area contributed by atoms with E-state index in [2.05, 4.69) is 0 Å². The average molecular weight is 294 g/mol. The van der Waals surface area contributed by atoms with Crippen molar-refractivity contribution in [1.82, 2.24) is 0 Å². The monoisotopic (exact) mass is 294 g/mol. The first-order valence-corrected chi connectivity index (χ1v) is 7.38. The number of furan rings is 1. The maximum Gasteiger partial charge on any atom is 0.228 e. The largest absolute Gasteiger partial charge is 0.508 e. The van der Waals surface area contributed by atoms with Crippen LogP contribution in [-0.2, 0) is 6.42 Å². The fourth-order valence-corrected chi connectivity index (χ4v) is 2.77. The van der Waals surface area contributed by atoms with Crippen LogP contribution in [0.25, 0.3) is 11.0 Å². The van der Waals surface area contributed by atoms with Crippen molar-refractivity contribution in [1.29, 1.82) is 0 Å². The topological polar surface area (TPSA) is 50.4 Å². The summed E-state index contributed by atoms with van der Waals surface area (Å²) in [6, 6.07) is 10.8. The van der Waals surface area contributed by atoms with Gasteiger partial charge in [0.25, 0.3) is 0 Å². The third kappa shape index (κ3) is 2.10. The summed E-state index contributed by atoms with van der Waals surface area (Å²) in [6.45, 7) is 5.73. The molecule has 0 unspecified atom stereocenters. The molecule has 0 saturated heterocycles. The zero-order valence-corrected chi connectivity index (χ0v) is 12.9. The van der Waals surface area contributed by atoms with E-state index in [1.54, 1.807) is 18.2 Å². The van der Waals surface area contributed by atoms with Crippen molar-refractivity contribution in [3.63, 3.8) is 0 Å². The van der Waals surface area contributed by atoms with Gasteiger partial charge in [0.05, 0.1) is 0 Å². The fourth-order valence-electron chi connectivity index (χ4n) is 2.77. The molecule has 0 saturated carbocycles. The van der Waals surface area contributed by atoms with Gasteiger partial charge >= 0.3 is 0 Å². The SMILES string of the molecule is CCc1c(C(=O)c2ccccc2)oc2c(C)c(C)c(O)cc12. The van der Waals surface area contributed by atoms with Gasteiger partial charge in [-0.05, 0) is 37.5 Å². The van der Waals surface area contributed by atoms with Crippen LogP contribution in [0.5, 0.6) is 5.75 Å². The summed E-state index contributed by atoms with van der Waals surface area (Å²) in [5.41, 5.74) is 3.79. The van der Waals surface area contributed by atoms with Crippen molar-refractivity contribution in [2.45, 2.75) is 27.2 Å². The molecule has 1 aromatic heterocycles. The highest BCUT2D eigenvalue weighted by atomic mass is 16.3. The van der Waals surface area contributed by atoms with Crippen LogP contribution in [0, 0.1) is 13.8 Å². The Morgan fingerprint density at radius 2 is 1.82 bits per heavy atom. The molecule has 3 aromatic rings. The van der Waals surface area contributed by atoms with Gasteiger partial charge in [-0.15, -0.1) is 0 Å². The van der Waals surface area contributed by atoms with E-state index < -0.39 is 0 Å². The van der Waals surface area contributed by atoms with E-state index >= 15 is 0 Å². The fraction of sp³-hybridized carbons (Fsp3) is 0.211. The summed E-state index contributed by atoms with van der Waals surface area (Å²) in [5, 5.41) is 10.9. The molecule has 0 spiro atoms. The lowest BCUT2D eigenvalue weighted by atomic mass is 9.99. The second kappa shape index (κ2) is 5.34. The molecule has 1 heterocycles. The van der Waals surface area contributed by atoms with E-state index in [0.717, 1.165) is 22.1 Å². The molecular weight excluding hydrogens is 276 g/mol. The Bertz CT molecular complexity index is 858. The second-order valence-electron chi connectivity index (χ2n) is 5.48. The summed E-state index contributed by atoms with van der Waals surface area (Å²) >= 11 is 0. The number of hydrogen-bond donors (Lipinski definition) is 1. The predicted octanol–water partition coefficient (Wildman–Crippen LogP) is 4.55. The molecule has 22 heavy (non-hydrogen) atoms. The number of ketones is 1. The summed E-state index contributed by atoms with van der Waals surface area (Å²) in [7, 11) is 0. The number of rotatable bonds is 3.